The summed E-state index contributed by atoms with van der Waals surface area (Å²) >= 11 is -2.47. The van der Waals surface area contributed by atoms with E-state index in [1.807, 2.05) is 12.2 Å². The van der Waals surface area contributed by atoms with Crippen LogP contribution in [-0.2, 0) is 44.6 Å². The van der Waals surface area contributed by atoms with Crippen molar-refractivity contribution < 1.29 is 44.6 Å². The van der Waals surface area contributed by atoms with Gasteiger partial charge >= 0.3 is 41.5 Å². The fourth-order valence-corrected chi connectivity index (χ4v) is 1.96. The molecule has 5 heteroatoms. The minimum Gasteiger partial charge on any atom is -0.273 e. The second kappa shape index (κ2) is 12.2. The Morgan fingerprint density at radius 2 is 1.61 bits per heavy atom. The van der Waals surface area contributed by atoms with Crippen molar-refractivity contribution in [2.75, 3.05) is 0 Å². The fraction of sp³-hybridized carbons (Fsp3) is 0.389. The Morgan fingerprint density at radius 1 is 1.09 bits per heavy atom. The van der Waals surface area contributed by atoms with Gasteiger partial charge in [0.1, 0.15) is 0 Å². The number of rotatable bonds is 0. The van der Waals surface area contributed by atoms with Gasteiger partial charge in [-0.2, -0.15) is 17.2 Å². The van der Waals surface area contributed by atoms with Crippen LogP contribution in [0, 0.1) is 17.6 Å². The number of allylic oxidation sites excluding steroid dienone is 8. The van der Waals surface area contributed by atoms with E-state index in [1.54, 1.807) is 0 Å². The minimum atomic E-state index is -2.47. The molecule has 2 aliphatic carbocycles. The van der Waals surface area contributed by atoms with E-state index in [2.05, 4.69) is 52.8 Å². The molecule has 0 aliphatic heterocycles. The summed E-state index contributed by atoms with van der Waals surface area (Å²) in [5, 5.41) is 0. The monoisotopic (exact) mass is 388 g/mol. The van der Waals surface area contributed by atoms with E-state index in [1.165, 1.54) is 31.0 Å². The second-order valence-electron chi connectivity index (χ2n) is 5.18. The third-order valence-electron chi connectivity index (χ3n) is 3.40. The standard InChI is InChI=1S/C10H15.C5H5.3CO.2Cr/c1-7-6-10(4,5)9(3)8(7)2;1-2-4-5-3-1;3*1-2;;/h1-5H3;1-3H,4H2;;;;;/q2*-1;;;;;. The first-order valence-corrected chi connectivity index (χ1v) is 8.60. The molecule has 0 saturated heterocycles. The van der Waals surface area contributed by atoms with Crippen molar-refractivity contribution in [3.05, 3.63) is 47.1 Å². The van der Waals surface area contributed by atoms with Crippen LogP contribution < -0.4 is 0 Å². The largest absolute Gasteiger partial charge is 0.273 e. The molecule has 0 aromatic rings. The van der Waals surface area contributed by atoms with Gasteiger partial charge in [0.15, 0.2) is 0 Å². The van der Waals surface area contributed by atoms with E-state index in [4.69, 9.17) is 0 Å². The molecule has 0 heterocycles. The van der Waals surface area contributed by atoms with Crippen molar-refractivity contribution in [2.45, 2.75) is 41.0 Å². The molecule has 0 aromatic heterocycles. The number of hydrogen-bond donors (Lipinski definition) is 0. The molecule has 0 bridgehead atoms. The Balaban J connectivity index is 0. The number of hydrogen-bond acceptors (Lipinski definition) is 3. The van der Waals surface area contributed by atoms with Crippen LogP contribution in [0.3, 0.4) is 0 Å². The first-order valence-electron chi connectivity index (χ1n) is 6.69. The van der Waals surface area contributed by atoms with Crippen LogP contribution in [0.15, 0.2) is 34.9 Å². The Bertz CT molecular complexity index is 689. The van der Waals surface area contributed by atoms with Crippen molar-refractivity contribution in [3.8, 4) is 0 Å². The van der Waals surface area contributed by atoms with Gasteiger partial charge in [-0.25, -0.2) is 17.7 Å². The van der Waals surface area contributed by atoms with E-state index in [0.29, 0.717) is 0 Å². The van der Waals surface area contributed by atoms with E-state index >= 15 is 0 Å². The zero-order chi connectivity index (χ0) is 17.2. The molecule has 0 aromatic carbocycles. The summed E-state index contributed by atoms with van der Waals surface area (Å²) in [6.45, 7) is 10.9. The van der Waals surface area contributed by atoms with Crippen LogP contribution in [0.4, 0.5) is 0 Å². The summed E-state index contributed by atoms with van der Waals surface area (Å²) < 4.78 is 3.69. The summed E-state index contributed by atoms with van der Waals surface area (Å²) in [6, 6.07) is 0. The normalized spacial score (nSPS) is 15.6. The van der Waals surface area contributed by atoms with Crippen molar-refractivity contribution in [2.24, 2.45) is 5.41 Å². The third kappa shape index (κ3) is 8.84. The average Bonchev–Trinajstić information content (AvgIpc) is 3.11. The van der Waals surface area contributed by atoms with E-state index in [0.717, 1.165) is 6.42 Å². The molecule has 2 aliphatic rings. The summed E-state index contributed by atoms with van der Waals surface area (Å²) in [4.78, 5) is 28.1. The summed E-state index contributed by atoms with van der Waals surface area (Å²) in [5.41, 5.74) is 4.39. The maximum atomic E-state index is 9.37. The Morgan fingerprint density at radius 3 is 1.70 bits per heavy atom. The summed E-state index contributed by atoms with van der Waals surface area (Å²) in [5.74, 6) is 0. The summed E-state index contributed by atoms with van der Waals surface area (Å²) in [6.07, 6.45) is 13.4. The Kier molecular flexibility index (Phi) is 12.8. The second-order valence-corrected chi connectivity index (χ2v) is 6.92. The average molecular weight is 388 g/mol. The molecular formula is C18H20Cr2O3-2. The minimum absolute atomic E-state index is 0. The maximum Gasteiger partial charge on any atom is 0 e. The van der Waals surface area contributed by atoms with Crippen molar-refractivity contribution in [1.82, 2.24) is 0 Å². The SMILES string of the molecule is CC1=[C-]C(C)(C)C(C)=C1C.O=[C]=[Cr](=[C]=O)=[C]=O.[C-]1=CC=CC1.[Cr]. The van der Waals surface area contributed by atoms with Gasteiger partial charge < -0.3 is 0 Å². The van der Waals surface area contributed by atoms with Crippen molar-refractivity contribution in [1.29, 1.82) is 0 Å². The fourth-order valence-electron chi connectivity index (χ4n) is 1.80. The first kappa shape index (κ1) is 24.0. The van der Waals surface area contributed by atoms with Gasteiger partial charge in [-0.05, 0) is 0 Å². The van der Waals surface area contributed by atoms with Crippen LogP contribution >= 0.6 is 0 Å². The molecule has 0 saturated carbocycles. The maximum absolute atomic E-state index is 9.37. The summed E-state index contributed by atoms with van der Waals surface area (Å²) in [7, 11) is 0. The zero-order valence-corrected chi connectivity index (χ0v) is 16.5. The van der Waals surface area contributed by atoms with Crippen molar-refractivity contribution in [3.63, 3.8) is 0 Å². The smallest absolute Gasteiger partial charge is 0 e. The van der Waals surface area contributed by atoms with Crippen molar-refractivity contribution >= 4 is 14.2 Å². The topological polar surface area (TPSA) is 51.2 Å². The van der Waals surface area contributed by atoms with Gasteiger partial charge in [0.25, 0.3) is 0 Å². The van der Waals surface area contributed by atoms with Crippen LogP contribution in [0.2, 0.25) is 0 Å². The Hall–Kier alpha value is -1.24. The molecule has 124 valence electrons. The molecule has 0 atom stereocenters. The third-order valence-corrected chi connectivity index (χ3v) is 4.18. The molecule has 0 amide bonds. The van der Waals surface area contributed by atoms with Crippen LogP contribution in [0.25, 0.3) is 0 Å². The van der Waals surface area contributed by atoms with Gasteiger partial charge in [0.2, 0.25) is 0 Å². The van der Waals surface area contributed by atoms with E-state index in [-0.39, 0.29) is 22.8 Å². The molecule has 23 heavy (non-hydrogen) atoms. The molecule has 0 fully saturated rings. The van der Waals surface area contributed by atoms with Crippen LogP contribution in [-0.4, -0.2) is 14.2 Å². The predicted molar refractivity (Wildman–Crippen MR) is 83.2 cm³/mol. The molecule has 0 spiro atoms. The quantitative estimate of drug-likeness (QED) is 0.599. The van der Waals surface area contributed by atoms with Gasteiger partial charge in [-0.1, -0.05) is 33.1 Å². The van der Waals surface area contributed by atoms with Gasteiger partial charge in [0, 0.05) is 17.4 Å². The molecule has 3 nitrogen and oxygen atoms in total. The van der Waals surface area contributed by atoms with Crippen LogP contribution in [0.5, 0.6) is 0 Å². The van der Waals surface area contributed by atoms with E-state index < -0.39 is 12.8 Å². The zero-order valence-electron chi connectivity index (χ0n) is 14.0. The molecular weight excluding hydrogens is 368 g/mol. The molecule has 0 N–H and O–H groups in total. The van der Waals surface area contributed by atoms with Crippen LogP contribution in [0.1, 0.15) is 41.0 Å². The molecule has 2 rings (SSSR count). The first-order chi connectivity index (χ1) is 10.3. The Labute approximate surface area is 152 Å². The van der Waals surface area contributed by atoms with E-state index in [9.17, 15) is 14.4 Å². The number of carbonyl (C=O) groups excluding carboxylic acids is 3. The molecule has 0 radical (unpaired) electrons. The predicted octanol–water partition coefficient (Wildman–Crippen LogP) is 3.22. The van der Waals surface area contributed by atoms with Gasteiger partial charge in [-0.3, -0.25) is 12.2 Å². The van der Waals surface area contributed by atoms with Gasteiger partial charge in [-0.15, -0.1) is 13.3 Å². The molecule has 0 unspecified atom stereocenters. The van der Waals surface area contributed by atoms with Gasteiger partial charge in [0.05, 0.1) is 0 Å².